The largest absolute Gasteiger partial charge is 0.508 e. The second-order valence-corrected chi connectivity index (χ2v) is 5.54. The minimum absolute atomic E-state index is 0.0860. The lowest BCUT2D eigenvalue weighted by Gasteiger charge is -2.13. The molecule has 0 unspecified atom stereocenters. The molecule has 0 saturated carbocycles. The van der Waals surface area contributed by atoms with Crippen LogP contribution in [0.3, 0.4) is 0 Å². The SMILES string of the molecule is O=c1c(-c2ccc3c(c2)OCO3)c(C(F)(F)F)oc2cc(O)cc(O)c12. The van der Waals surface area contributed by atoms with E-state index >= 15 is 0 Å². The number of alkyl halides is 3. The van der Waals surface area contributed by atoms with Gasteiger partial charge in [0.1, 0.15) is 22.5 Å². The van der Waals surface area contributed by atoms with Gasteiger partial charge in [-0.25, -0.2) is 0 Å². The molecule has 0 aliphatic carbocycles. The van der Waals surface area contributed by atoms with Crippen LogP contribution in [0.5, 0.6) is 23.0 Å². The molecule has 9 heteroatoms. The van der Waals surface area contributed by atoms with E-state index in [0.717, 1.165) is 12.1 Å². The van der Waals surface area contributed by atoms with Crippen molar-refractivity contribution < 1.29 is 37.3 Å². The average Bonchev–Trinajstić information content (AvgIpc) is 3.00. The number of fused-ring (bicyclic) bond motifs is 2. The van der Waals surface area contributed by atoms with Crippen LogP contribution < -0.4 is 14.9 Å². The second-order valence-electron chi connectivity index (χ2n) is 5.54. The quantitative estimate of drug-likeness (QED) is 0.684. The van der Waals surface area contributed by atoms with Crippen molar-refractivity contribution in [1.82, 2.24) is 0 Å². The van der Waals surface area contributed by atoms with E-state index in [2.05, 4.69) is 0 Å². The molecule has 0 radical (unpaired) electrons. The number of ether oxygens (including phenoxy) is 2. The summed E-state index contributed by atoms with van der Waals surface area (Å²) in [5, 5.41) is 18.9. The van der Waals surface area contributed by atoms with Gasteiger partial charge in [0.2, 0.25) is 18.0 Å². The van der Waals surface area contributed by atoms with Gasteiger partial charge in [-0.05, 0) is 17.7 Å². The molecule has 0 atom stereocenters. The molecule has 134 valence electrons. The molecule has 1 aliphatic heterocycles. The molecule has 0 bridgehead atoms. The fraction of sp³-hybridized carbons (Fsp3) is 0.118. The van der Waals surface area contributed by atoms with Gasteiger partial charge in [-0.3, -0.25) is 4.79 Å². The van der Waals surface area contributed by atoms with E-state index in [0.29, 0.717) is 5.75 Å². The molecule has 4 rings (SSSR count). The van der Waals surface area contributed by atoms with Gasteiger partial charge >= 0.3 is 6.18 Å². The number of hydrogen-bond donors (Lipinski definition) is 2. The third-order valence-electron chi connectivity index (χ3n) is 3.88. The van der Waals surface area contributed by atoms with Gasteiger partial charge in [-0.2, -0.15) is 13.2 Å². The number of aromatic hydroxyl groups is 2. The summed E-state index contributed by atoms with van der Waals surface area (Å²) >= 11 is 0. The Balaban J connectivity index is 2.10. The average molecular weight is 366 g/mol. The lowest BCUT2D eigenvalue weighted by molar-refractivity contribution is -0.152. The van der Waals surface area contributed by atoms with E-state index in [4.69, 9.17) is 13.9 Å². The Morgan fingerprint density at radius 2 is 1.73 bits per heavy atom. The number of halogens is 3. The lowest BCUT2D eigenvalue weighted by Crippen LogP contribution is -2.16. The van der Waals surface area contributed by atoms with Gasteiger partial charge in [0.15, 0.2) is 11.5 Å². The van der Waals surface area contributed by atoms with Crippen LogP contribution in [0, 0.1) is 0 Å². The molecule has 0 fully saturated rings. The maximum atomic E-state index is 13.5. The van der Waals surface area contributed by atoms with E-state index in [9.17, 15) is 28.2 Å². The summed E-state index contributed by atoms with van der Waals surface area (Å²) in [5.41, 5.74) is -2.55. The van der Waals surface area contributed by atoms with Gasteiger partial charge in [0.25, 0.3) is 0 Å². The smallest absolute Gasteiger partial charge is 0.450 e. The maximum absolute atomic E-state index is 13.5. The van der Waals surface area contributed by atoms with E-state index in [1.165, 1.54) is 18.2 Å². The highest BCUT2D eigenvalue weighted by molar-refractivity contribution is 5.89. The number of benzene rings is 2. The Bertz CT molecular complexity index is 1100. The highest BCUT2D eigenvalue weighted by Crippen LogP contribution is 2.42. The minimum atomic E-state index is -4.99. The molecule has 6 nitrogen and oxygen atoms in total. The highest BCUT2D eigenvalue weighted by Gasteiger charge is 2.40. The van der Waals surface area contributed by atoms with Crippen LogP contribution in [-0.2, 0) is 6.18 Å². The fourth-order valence-electron chi connectivity index (χ4n) is 2.80. The van der Waals surface area contributed by atoms with Gasteiger partial charge in [-0.1, -0.05) is 6.07 Å². The molecule has 0 spiro atoms. The molecule has 2 heterocycles. The van der Waals surface area contributed by atoms with E-state index in [1.54, 1.807) is 0 Å². The van der Waals surface area contributed by atoms with E-state index < -0.39 is 45.4 Å². The maximum Gasteiger partial charge on any atom is 0.450 e. The first-order chi connectivity index (χ1) is 12.3. The first-order valence-electron chi connectivity index (χ1n) is 7.25. The molecule has 2 aromatic carbocycles. The van der Waals surface area contributed by atoms with Crippen molar-refractivity contribution in [2.45, 2.75) is 6.18 Å². The summed E-state index contributed by atoms with van der Waals surface area (Å²) < 4.78 is 55.6. The molecule has 0 saturated heterocycles. The standard InChI is InChI=1S/C17H9F3O6/c18-17(19,20)16-13(7-1-2-10-11(3-7)25-6-24-10)15(23)14-9(22)4-8(21)5-12(14)26-16/h1-5,21-22H,6H2. The summed E-state index contributed by atoms with van der Waals surface area (Å²) in [5.74, 6) is -2.25. The normalized spacial score (nSPS) is 13.3. The van der Waals surface area contributed by atoms with Crippen LogP contribution in [0.4, 0.5) is 13.2 Å². The van der Waals surface area contributed by atoms with Crippen LogP contribution in [0.1, 0.15) is 5.76 Å². The summed E-state index contributed by atoms with van der Waals surface area (Å²) in [4.78, 5) is 12.8. The number of phenolic OH excluding ortho intramolecular Hbond substituents is 2. The van der Waals surface area contributed by atoms with Gasteiger partial charge in [0, 0.05) is 12.1 Å². The molecule has 1 aliphatic rings. The zero-order valence-corrected chi connectivity index (χ0v) is 12.8. The summed E-state index contributed by atoms with van der Waals surface area (Å²) in [6, 6.07) is 5.54. The molecular weight excluding hydrogens is 357 g/mol. The van der Waals surface area contributed by atoms with Crippen molar-refractivity contribution >= 4 is 11.0 Å². The molecular formula is C17H9F3O6. The molecule has 26 heavy (non-hydrogen) atoms. The monoisotopic (exact) mass is 366 g/mol. The molecule has 0 amide bonds. The van der Waals surface area contributed by atoms with Crippen molar-refractivity contribution in [3.63, 3.8) is 0 Å². The topological polar surface area (TPSA) is 89.1 Å². The highest BCUT2D eigenvalue weighted by atomic mass is 19.4. The first kappa shape index (κ1) is 16.1. The first-order valence-corrected chi connectivity index (χ1v) is 7.25. The van der Waals surface area contributed by atoms with Gasteiger partial charge in [0.05, 0.1) is 5.56 Å². The predicted molar refractivity (Wildman–Crippen MR) is 82.4 cm³/mol. The Labute approximate surface area is 142 Å². The Morgan fingerprint density at radius 3 is 2.46 bits per heavy atom. The van der Waals surface area contributed by atoms with Crippen molar-refractivity contribution in [1.29, 1.82) is 0 Å². The second kappa shape index (κ2) is 5.32. The summed E-state index contributed by atoms with van der Waals surface area (Å²) in [6.07, 6.45) is -4.99. The van der Waals surface area contributed by atoms with Crippen LogP contribution in [0.2, 0.25) is 0 Å². The van der Waals surface area contributed by atoms with Gasteiger partial charge in [-0.15, -0.1) is 0 Å². The van der Waals surface area contributed by atoms with Crippen LogP contribution in [0.15, 0.2) is 39.5 Å². The Kier molecular flexibility index (Phi) is 3.30. The number of hydrogen-bond acceptors (Lipinski definition) is 6. The Hall–Kier alpha value is -3.36. The van der Waals surface area contributed by atoms with E-state index in [-0.39, 0.29) is 18.1 Å². The summed E-state index contributed by atoms with van der Waals surface area (Å²) in [7, 11) is 0. The summed E-state index contributed by atoms with van der Waals surface area (Å²) in [6.45, 7) is -0.0860. The predicted octanol–water partition coefficient (Wildman–Crippen LogP) is 3.62. The lowest BCUT2D eigenvalue weighted by atomic mass is 10.0. The van der Waals surface area contributed by atoms with Crippen molar-refractivity contribution in [2.75, 3.05) is 6.79 Å². The third-order valence-corrected chi connectivity index (χ3v) is 3.88. The zero-order chi connectivity index (χ0) is 18.6. The van der Waals surface area contributed by atoms with Gasteiger partial charge < -0.3 is 24.1 Å². The Morgan fingerprint density at radius 1 is 1.00 bits per heavy atom. The molecule has 3 aromatic rings. The van der Waals surface area contributed by atoms with Crippen LogP contribution >= 0.6 is 0 Å². The third kappa shape index (κ3) is 2.40. The fourth-order valence-corrected chi connectivity index (χ4v) is 2.80. The molecule has 1 aromatic heterocycles. The van der Waals surface area contributed by atoms with Crippen LogP contribution in [0.25, 0.3) is 22.1 Å². The van der Waals surface area contributed by atoms with Crippen molar-refractivity contribution in [2.24, 2.45) is 0 Å². The molecule has 2 N–H and O–H groups in total. The zero-order valence-electron chi connectivity index (χ0n) is 12.8. The minimum Gasteiger partial charge on any atom is -0.508 e. The van der Waals surface area contributed by atoms with Crippen molar-refractivity contribution in [3.8, 4) is 34.1 Å². The van der Waals surface area contributed by atoms with Crippen LogP contribution in [-0.4, -0.2) is 17.0 Å². The number of rotatable bonds is 1. The number of phenols is 2. The van der Waals surface area contributed by atoms with Crippen molar-refractivity contribution in [3.05, 3.63) is 46.3 Å². The van der Waals surface area contributed by atoms with E-state index in [1.807, 2.05) is 0 Å².